The molecule has 1 aromatic heterocycles. The minimum atomic E-state index is 0.676. The SMILES string of the molecule is CCCNc1nccc(-c2cccc3c2OCC3)n1. The molecule has 19 heavy (non-hydrogen) atoms. The minimum absolute atomic E-state index is 0.676. The van der Waals surface area contributed by atoms with Gasteiger partial charge in [0.05, 0.1) is 12.3 Å². The Balaban J connectivity index is 1.96. The molecule has 4 nitrogen and oxygen atoms in total. The molecule has 2 heterocycles. The molecule has 98 valence electrons. The molecule has 0 saturated carbocycles. The molecule has 1 aromatic carbocycles. The zero-order valence-electron chi connectivity index (χ0n) is 11.0. The third-order valence-corrected chi connectivity index (χ3v) is 3.18. The quantitative estimate of drug-likeness (QED) is 0.912. The zero-order valence-corrected chi connectivity index (χ0v) is 11.0. The summed E-state index contributed by atoms with van der Waals surface area (Å²) in [4.78, 5) is 8.79. The second kappa shape index (κ2) is 5.26. The Bertz CT molecular complexity index is 583. The number of ether oxygens (including phenoxy) is 1. The molecule has 2 aromatic rings. The smallest absolute Gasteiger partial charge is 0.223 e. The monoisotopic (exact) mass is 255 g/mol. The normalized spacial score (nSPS) is 12.9. The Morgan fingerprint density at radius 3 is 3.16 bits per heavy atom. The van der Waals surface area contributed by atoms with Crippen LogP contribution in [0.4, 0.5) is 5.95 Å². The van der Waals surface area contributed by atoms with E-state index < -0.39 is 0 Å². The average molecular weight is 255 g/mol. The third-order valence-electron chi connectivity index (χ3n) is 3.18. The molecule has 0 aliphatic carbocycles. The van der Waals surface area contributed by atoms with Gasteiger partial charge in [-0.15, -0.1) is 0 Å². The number of hydrogen-bond acceptors (Lipinski definition) is 4. The van der Waals surface area contributed by atoms with E-state index in [0.29, 0.717) is 5.95 Å². The molecule has 3 rings (SSSR count). The van der Waals surface area contributed by atoms with E-state index in [-0.39, 0.29) is 0 Å². The van der Waals surface area contributed by atoms with E-state index in [2.05, 4.69) is 40.4 Å². The van der Waals surface area contributed by atoms with E-state index in [9.17, 15) is 0 Å². The van der Waals surface area contributed by atoms with Crippen molar-refractivity contribution in [2.24, 2.45) is 0 Å². The number of hydrogen-bond donors (Lipinski definition) is 1. The molecule has 1 aliphatic rings. The fraction of sp³-hybridized carbons (Fsp3) is 0.333. The Morgan fingerprint density at radius 2 is 2.26 bits per heavy atom. The number of nitrogens with zero attached hydrogens (tertiary/aromatic N) is 2. The standard InChI is InChI=1S/C15H17N3O/c1-2-8-16-15-17-9-6-13(18-15)12-5-3-4-11-7-10-19-14(11)12/h3-6,9H,2,7-8,10H2,1H3,(H,16,17,18). The summed E-state index contributed by atoms with van der Waals surface area (Å²) in [5.74, 6) is 1.65. The summed E-state index contributed by atoms with van der Waals surface area (Å²) in [6, 6.07) is 8.15. The molecule has 0 fully saturated rings. The second-order valence-corrected chi connectivity index (χ2v) is 4.58. The van der Waals surface area contributed by atoms with Crippen molar-refractivity contribution in [3.05, 3.63) is 36.0 Å². The van der Waals surface area contributed by atoms with Gasteiger partial charge in [0, 0.05) is 24.7 Å². The van der Waals surface area contributed by atoms with Crippen LogP contribution in [0.2, 0.25) is 0 Å². The number of nitrogens with one attached hydrogen (secondary N) is 1. The van der Waals surface area contributed by atoms with Crippen molar-refractivity contribution < 1.29 is 4.74 Å². The number of anilines is 1. The lowest BCUT2D eigenvalue weighted by molar-refractivity contribution is 0.358. The summed E-state index contributed by atoms with van der Waals surface area (Å²) in [5, 5.41) is 3.21. The first-order chi connectivity index (χ1) is 9.38. The van der Waals surface area contributed by atoms with Crippen LogP contribution in [-0.4, -0.2) is 23.1 Å². The predicted molar refractivity (Wildman–Crippen MR) is 75.4 cm³/mol. The van der Waals surface area contributed by atoms with Gasteiger partial charge in [-0.2, -0.15) is 0 Å². The highest BCUT2D eigenvalue weighted by Gasteiger charge is 2.17. The Labute approximate surface area is 112 Å². The van der Waals surface area contributed by atoms with E-state index in [1.807, 2.05) is 6.07 Å². The van der Waals surface area contributed by atoms with Crippen LogP contribution in [0.15, 0.2) is 30.5 Å². The van der Waals surface area contributed by atoms with Gasteiger partial charge in [0.25, 0.3) is 0 Å². The first kappa shape index (κ1) is 12.0. The summed E-state index contributed by atoms with van der Waals surface area (Å²) >= 11 is 0. The van der Waals surface area contributed by atoms with Gasteiger partial charge in [0.15, 0.2) is 0 Å². The molecule has 0 saturated heterocycles. The molecule has 0 radical (unpaired) electrons. The van der Waals surface area contributed by atoms with Gasteiger partial charge in [-0.05, 0) is 24.1 Å². The van der Waals surface area contributed by atoms with Gasteiger partial charge < -0.3 is 10.1 Å². The molecule has 0 atom stereocenters. The molecule has 0 amide bonds. The summed E-state index contributed by atoms with van der Waals surface area (Å²) in [5.41, 5.74) is 3.23. The largest absolute Gasteiger partial charge is 0.492 e. The van der Waals surface area contributed by atoms with Crippen molar-refractivity contribution in [1.82, 2.24) is 9.97 Å². The fourth-order valence-electron chi connectivity index (χ4n) is 2.25. The maximum Gasteiger partial charge on any atom is 0.223 e. The fourth-order valence-corrected chi connectivity index (χ4v) is 2.25. The van der Waals surface area contributed by atoms with E-state index in [0.717, 1.165) is 43.0 Å². The predicted octanol–water partition coefficient (Wildman–Crippen LogP) is 2.90. The molecule has 0 unspecified atom stereocenters. The van der Waals surface area contributed by atoms with Crippen molar-refractivity contribution >= 4 is 5.95 Å². The van der Waals surface area contributed by atoms with Gasteiger partial charge >= 0.3 is 0 Å². The highest BCUT2D eigenvalue weighted by atomic mass is 16.5. The summed E-state index contributed by atoms with van der Waals surface area (Å²) in [6.07, 6.45) is 3.82. The number of rotatable bonds is 4. The number of benzene rings is 1. The highest BCUT2D eigenvalue weighted by Crippen LogP contribution is 2.35. The lowest BCUT2D eigenvalue weighted by Crippen LogP contribution is -2.04. The van der Waals surface area contributed by atoms with Crippen LogP contribution in [0.1, 0.15) is 18.9 Å². The molecular formula is C15H17N3O. The van der Waals surface area contributed by atoms with E-state index >= 15 is 0 Å². The summed E-state index contributed by atoms with van der Waals surface area (Å²) in [6.45, 7) is 3.76. The van der Waals surface area contributed by atoms with Gasteiger partial charge in [0.1, 0.15) is 5.75 Å². The van der Waals surface area contributed by atoms with Crippen LogP contribution in [0, 0.1) is 0 Å². The molecule has 0 spiro atoms. The Kier molecular flexibility index (Phi) is 3.31. The number of aromatic nitrogens is 2. The average Bonchev–Trinajstić information content (AvgIpc) is 2.93. The van der Waals surface area contributed by atoms with Crippen LogP contribution in [0.25, 0.3) is 11.3 Å². The van der Waals surface area contributed by atoms with Gasteiger partial charge in [0.2, 0.25) is 5.95 Å². The van der Waals surface area contributed by atoms with E-state index in [4.69, 9.17) is 4.74 Å². The first-order valence-electron chi connectivity index (χ1n) is 6.70. The Morgan fingerprint density at radius 1 is 1.32 bits per heavy atom. The maximum atomic E-state index is 5.72. The maximum absolute atomic E-state index is 5.72. The van der Waals surface area contributed by atoms with Gasteiger partial charge in [-0.25, -0.2) is 9.97 Å². The van der Waals surface area contributed by atoms with Crippen molar-refractivity contribution in [1.29, 1.82) is 0 Å². The minimum Gasteiger partial charge on any atom is -0.492 e. The Hall–Kier alpha value is -2.10. The number of fused-ring (bicyclic) bond motifs is 1. The van der Waals surface area contributed by atoms with E-state index in [1.54, 1.807) is 6.20 Å². The van der Waals surface area contributed by atoms with Crippen molar-refractivity contribution in [3.8, 4) is 17.0 Å². The van der Waals surface area contributed by atoms with Crippen LogP contribution in [0.3, 0.4) is 0 Å². The van der Waals surface area contributed by atoms with Gasteiger partial charge in [-0.3, -0.25) is 0 Å². The van der Waals surface area contributed by atoms with Crippen LogP contribution >= 0.6 is 0 Å². The topological polar surface area (TPSA) is 47.0 Å². The highest BCUT2D eigenvalue weighted by molar-refractivity contribution is 5.70. The third kappa shape index (κ3) is 2.38. The van der Waals surface area contributed by atoms with Crippen molar-refractivity contribution in [3.63, 3.8) is 0 Å². The first-order valence-corrected chi connectivity index (χ1v) is 6.70. The molecular weight excluding hydrogens is 238 g/mol. The molecule has 1 N–H and O–H groups in total. The lowest BCUT2D eigenvalue weighted by atomic mass is 10.1. The molecule has 0 bridgehead atoms. The molecule has 1 aliphatic heterocycles. The summed E-state index contributed by atoms with van der Waals surface area (Å²) in [7, 11) is 0. The zero-order chi connectivity index (χ0) is 13.1. The second-order valence-electron chi connectivity index (χ2n) is 4.58. The molecule has 4 heteroatoms. The van der Waals surface area contributed by atoms with Crippen LogP contribution in [-0.2, 0) is 6.42 Å². The van der Waals surface area contributed by atoms with Crippen LogP contribution < -0.4 is 10.1 Å². The van der Waals surface area contributed by atoms with Crippen molar-refractivity contribution in [2.75, 3.05) is 18.5 Å². The van der Waals surface area contributed by atoms with Gasteiger partial charge in [-0.1, -0.05) is 19.1 Å². The van der Waals surface area contributed by atoms with Crippen molar-refractivity contribution in [2.45, 2.75) is 19.8 Å². The summed E-state index contributed by atoms with van der Waals surface area (Å²) < 4.78 is 5.72. The van der Waals surface area contributed by atoms with E-state index in [1.165, 1.54) is 5.56 Å². The lowest BCUT2D eigenvalue weighted by Gasteiger charge is -2.09. The number of para-hydroxylation sites is 1. The van der Waals surface area contributed by atoms with Crippen LogP contribution in [0.5, 0.6) is 5.75 Å².